The Morgan fingerprint density at radius 2 is 1.67 bits per heavy atom. The van der Waals surface area contributed by atoms with Crippen molar-refractivity contribution in [2.24, 2.45) is 0 Å². The van der Waals surface area contributed by atoms with E-state index in [2.05, 4.69) is 20.2 Å². The fourth-order valence-corrected chi connectivity index (χ4v) is 3.58. The summed E-state index contributed by atoms with van der Waals surface area (Å²) in [4.78, 5) is 0. The molecule has 0 atom stereocenters. The number of rotatable bonds is 4. The van der Waals surface area contributed by atoms with Gasteiger partial charge in [-0.2, -0.15) is 0 Å². The lowest BCUT2D eigenvalue weighted by atomic mass is 10.2. The average Bonchev–Trinajstić information content (AvgIpc) is 2.83. The number of benzene rings is 2. The first-order valence-corrected chi connectivity index (χ1v) is 8.41. The first-order valence-electron chi connectivity index (χ1n) is 6.56. The summed E-state index contributed by atoms with van der Waals surface area (Å²) in [7, 11) is 0. The maximum Gasteiger partial charge on any atom is 0.128 e. The van der Waals surface area contributed by atoms with Gasteiger partial charge in [-0.15, -0.1) is 0 Å². The maximum atomic E-state index is 13.5. The number of hydrogen-bond donors (Lipinski definition) is 0. The Morgan fingerprint density at radius 1 is 1.00 bits per heavy atom. The van der Waals surface area contributed by atoms with Gasteiger partial charge >= 0.3 is 0 Å². The minimum Gasteiger partial charge on any atom is -0.296 e. The Hall–Kier alpha value is -1.27. The Balaban J connectivity index is 1.97. The van der Waals surface area contributed by atoms with Crippen molar-refractivity contribution in [3.8, 4) is 0 Å². The molecule has 3 rings (SSSR count). The molecule has 0 bridgehead atoms. The van der Waals surface area contributed by atoms with E-state index >= 15 is 0 Å². The number of alkyl halides is 1. The van der Waals surface area contributed by atoms with Gasteiger partial charge in [-0.3, -0.25) is 8.61 Å². The second kappa shape index (κ2) is 6.23. The molecule has 0 radical (unpaired) electrons. The summed E-state index contributed by atoms with van der Waals surface area (Å²) >= 11 is 4.89. The van der Waals surface area contributed by atoms with E-state index in [9.17, 15) is 8.78 Å². The highest BCUT2D eigenvalue weighted by Crippen LogP contribution is 2.48. The number of anilines is 3. The highest BCUT2D eigenvalue weighted by atomic mass is 79.9. The van der Waals surface area contributed by atoms with Crippen LogP contribution in [0.1, 0.15) is 6.42 Å². The number of halogens is 3. The molecule has 2 aromatic carbocycles. The molecule has 1 aliphatic heterocycles. The smallest absolute Gasteiger partial charge is 0.128 e. The first kappa shape index (κ1) is 14.7. The van der Waals surface area contributed by atoms with Crippen molar-refractivity contribution in [2.45, 2.75) is 6.42 Å². The van der Waals surface area contributed by atoms with Crippen LogP contribution in [0.15, 0.2) is 42.5 Å². The third kappa shape index (κ3) is 3.01. The molecule has 1 heterocycles. The van der Waals surface area contributed by atoms with Crippen molar-refractivity contribution in [1.82, 2.24) is 0 Å². The zero-order chi connectivity index (χ0) is 14.8. The second-order valence-electron chi connectivity index (χ2n) is 4.64. The van der Waals surface area contributed by atoms with Gasteiger partial charge in [-0.25, -0.2) is 8.78 Å². The van der Waals surface area contributed by atoms with Crippen LogP contribution in [0.25, 0.3) is 0 Å². The lowest BCUT2D eigenvalue weighted by molar-refractivity contribution is 0.584. The summed E-state index contributed by atoms with van der Waals surface area (Å²) in [6, 6.07) is 11.5. The molecule has 0 saturated carbocycles. The summed E-state index contributed by atoms with van der Waals surface area (Å²) in [5.41, 5.74) is 2.52. The molecule has 0 spiro atoms. The van der Waals surface area contributed by atoms with E-state index in [4.69, 9.17) is 0 Å². The molecule has 0 fully saturated rings. The van der Waals surface area contributed by atoms with Crippen LogP contribution in [0.4, 0.5) is 25.8 Å². The maximum absolute atomic E-state index is 13.5. The fourth-order valence-electron chi connectivity index (χ4n) is 2.24. The number of nitrogens with zero attached hydrogens (tertiary/aromatic N) is 2. The van der Waals surface area contributed by atoms with Crippen LogP contribution in [0, 0.1) is 11.6 Å². The molecule has 110 valence electrons. The van der Waals surface area contributed by atoms with Crippen LogP contribution in [-0.2, 0) is 0 Å². The van der Waals surface area contributed by atoms with Crippen molar-refractivity contribution in [3.05, 3.63) is 54.1 Å². The van der Waals surface area contributed by atoms with Crippen LogP contribution in [-0.4, -0.2) is 11.9 Å². The van der Waals surface area contributed by atoms with E-state index in [-0.39, 0.29) is 0 Å². The highest BCUT2D eigenvalue weighted by Gasteiger charge is 2.28. The minimum atomic E-state index is -0.568. The van der Waals surface area contributed by atoms with Gasteiger partial charge in [0.05, 0.1) is 29.2 Å². The molecule has 21 heavy (non-hydrogen) atoms. The quantitative estimate of drug-likeness (QED) is 0.534. The third-order valence-corrected chi connectivity index (χ3v) is 4.83. The normalized spacial score (nSPS) is 13.7. The monoisotopic (exact) mass is 370 g/mol. The molecule has 0 aromatic heterocycles. The van der Waals surface area contributed by atoms with Gasteiger partial charge in [0.15, 0.2) is 0 Å². The van der Waals surface area contributed by atoms with Gasteiger partial charge in [0.25, 0.3) is 0 Å². The zero-order valence-corrected chi connectivity index (χ0v) is 13.5. The molecule has 1 aliphatic rings. The molecule has 6 heteroatoms. The largest absolute Gasteiger partial charge is 0.296 e. The lowest BCUT2D eigenvalue weighted by Crippen LogP contribution is -2.15. The summed E-state index contributed by atoms with van der Waals surface area (Å²) < 4.78 is 30.9. The molecule has 0 amide bonds. The van der Waals surface area contributed by atoms with E-state index in [1.807, 2.05) is 28.6 Å². The van der Waals surface area contributed by atoms with Crippen molar-refractivity contribution < 1.29 is 8.78 Å². The van der Waals surface area contributed by atoms with Gasteiger partial charge in [0, 0.05) is 17.9 Å². The Bertz CT molecular complexity index is 633. The van der Waals surface area contributed by atoms with Crippen molar-refractivity contribution >= 4 is 45.1 Å². The van der Waals surface area contributed by atoms with Crippen LogP contribution < -0.4 is 8.61 Å². The molecule has 0 N–H and O–H groups in total. The molecule has 2 nitrogen and oxygen atoms in total. The number of hydrogen-bond acceptors (Lipinski definition) is 3. The first-order chi connectivity index (χ1) is 10.2. The molecule has 2 aromatic rings. The molecule has 0 saturated heterocycles. The van der Waals surface area contributed by atoms with Gasteiger partial charge in [0.1, 0.15) is 11.6 Å². The van der Waals surface area contributed by atoms with Crippen LogP contribution in [0.3, 0.4) is 0 Å². The third-order valence-electron chi connectivity index (χ3n) is 3.13. The van der Waals surface area contributed by atoms with Gasteiger partial charge in [0.2, 0.25) is 0 Å². The predicted molar refractivity (Wildman–Crippen MR) is 88.3 cm³/mol. The summed E-state index contributed by atoms with van der Waals surface area (Å²) in [5.74, 6) is -1.14. The SMILES string of the molecule is Fc1cc(F)cc(N2SN(CCCBr)c3ccccc32)c1. The van der Waals surface area contributed by atoms with Crippen molar-refractivity contribution in [2.75, 3.05) is 20.5 Å². The van der Waals surface area contributed by atoms with Gasteiger partial charge in [-0.1, -0.05) is 28.1 Å². The van der Waals surface area contributed by atoms with Crippen LogP contribution in [0.2, 0.25) is 0 Å². The second-order valence-corrected chi connectivity index (χ2v) is 6.40. The molecular formula is C15H13BrF2N2S. The summed E-state index contributed by atoms with van der Waals surface area (Å²) in [6.45, 7) is 0.862. The Labute approximate surface area is 135 Å². The zero-order valence-electron chi connectivity index (χ0n) is 11.1. The molecule has 0 unspecified atom stereocenters. The molecule has 0 aliphatic carbocycles. The lowest BCUT2D eigenvalue weighted by Gasteiger charge is -2.19. The van der Waals surface area contributed by atoms with E-state index in [1.54, 1.807) is 0 Å². The predicted octanol–water partition coefficient (Wildman–Crippen LogP) is 5.27. The number of fused-ring (bicyclic) bond motifs is 1. The summed E-state index contributed by atoms with van der Waals surface area (Å²) in [5, 5.41) is 0.917. The van der Waals surface area contributed by atoms with Crippen LogP contribution >= 0.6 is 28.1 Å². The van der Waals surface area contributed by atoms with E-state index in [0.29, 0.717) is 5.69 Å². The fraction of sp³-hybridized carbons (Fsp3) is 0.200. The van der Waals surface area contributed by atoms with Gasteiger partial charge in [-0.05, 0) is 30.7 Å². The Kier molecular flexibility index (Phi) is 4.35. The van der Waals surface area contributed by atoms with Crippen molar-refractivity contribution in [3.63, 3.8) is 0 Å². The number of para-hydroxylation sites is 2. The standard InChI is InChI=1S/C15H13BrF2N2S/c16-6-3-7-19-14-4-1-2-5-15(14)20(21-19)13-9-11(17)8-12(18)10-13/h1-2,4-5,8-10H,3,6-7H2. The van der Waals surface area contributed by atoms with E-state index in [0.717, 1.165) is 35.7 Å². The Morgan fingerprint density at radius 3 is 2.33 bits per heavy atom. The van der Waals surface area contributed by atoms with E-state index in [1.165, 1.54) is 24.3 Å². The average molecular weight is 371 g/mol. The van der Waals surface area contributed by atoms with E-state index < -0.39 is 11.6 Å². The highest BCUT2D eigenvalue weighted by molar-refractivity contribution is 9.09. The minimum absolute atomic E-state index is 0.506. The van der Waals surface area contributed by atoms with Gasteiger partial charge < -0.3 is 0 Å². The van der Waals surface area contributed by atoms with Crippen LogP contribution in [0.5, 0.6) is 0 Å². The van der Waals surface area contributed by atoms with Crippen molar-refractivity contribution in [1.29, 1.82) is 0 Å². The summed E-state index contributed by atoms with van der Waals surface area (Å²) in [6.07, 6.45) is 0.993. The molecular weight excluding hydrogens is 358 g/mol. The topological polar surface area (TPSA) is 6.48 Å².